The molecule has 0 atom stereocenters. The number of benzene rings is 4. The van der Waals surface area contributed by atoms with E-state index in [9.17, 15) is 20.2 Å². The Morgan fingerprint density at radius 2 is 1.03 bits per heavy atom. The fourth-order valence-electron chi connectivity index (χ4n) is 4.03. The highest BCUT2D eigenvalue weighted by Gasteiger charge is 2.13. The van der Waals surface area contributed by atoms with Gasteiger partial charge in [-0.2, -0.15) is 0 Å². The highest BCUT2D eigenvalue weighted by atomic mass is 16.6. The van der Waals surface area contributed by atoms with Crippen molar-refractivity contribution in [1.29, 1.82) is 0 Å². The summed E-state index contributed by atoms with van der Waals surface area (Å²) >= 11 is 0. The lowest BCUT2D eigenvalue weighted by molar-refractivity contribution is -0.385. The molecule has 1 heterocycles. The highest BCUT2D eigenvalue weighted by molar-refractivity contribution is 5.89. The largest absolute Gasteiger partial charge is 0.497 e. The minimum absolute atomic E-state index is 0. The Morgan fingerprint density at radius 3 is 1.49 bits per heavy atom. The lowest BCUT2D eigenvalue weighted by Gasteiger charge is -2.11. The number of aromatic nitrogens is 1. The van der Waals surface area contributed by atoms with E-state index in [4.69, 9.17) is 9.72 Å². The van der Waals surface area contributed by atoms with Crippen LogP contribution in [0.2, 0.25) is 0 Å². The Balaban J connectivity index is 0.00000137. The number of nitrogens with zero attached hydrogens (tertiary/aromatic N) is 3. The summed E-state index contributed by atoms with van der Waals surface area (Å²) in [5.41, 5.74) is 4.54. The number of non-ortho nitro benzene ring substituents is 2. The first kappa shape index (κ1) is 28.5. The third kappa shape index (κ3) is 6.24. The number of fused-ring (bicyclic) bond motifs is 1. The zero-order valence-corrected chi connectivity index (χ0v) is 21.1. The normalized spacial score (nSPS) is 10.1. The van der Waals surface area contributed by atoms with Crippen LogP contribution in [0.5, 0.6) is 5.75 Å². The number of pyridine rings is 1. The van der Waals surface area contributed by atoms with E-state index >= 15 is 0 Å². The van der Waals surface area contributed by atoms with Crippen molar-refractivity contribution in [2.45, 2.75) is 21.3 Å². The summed E-state index contributed by atoms with van der Waals surface area (Å²) < 4.78 is 5.32. The number of hydrogen-bond acceptors (Lipinski definition) is 6. The minimum Gasteiger partial charge on any atom is -0.497 e. The van der Waals surface area contributed by atoms with E-state index in [0.717, 1.165) is 38.8 Å². The summed E-state index contributed by atoms with van der Waals surface area (Å²) in [5, 5.41) is 24.2. The van der Waals surface area contributed by atoms with Gasteiger partial charge in [-0.25, -0.2) is 4.98 Å². The molecule has 0 radical (unpaired) electrons. The Labute approximate surface area is 226 Å². The van der Waals surface area contributed by atoms with Gasteiger partial charge in [0.1, 0.15) is 5.75 Å². The molecule has 0 unspecified atom stereocenters. The first-order chi connectivity index (χ1) is 18.4. The molecular weight excluding hydrogens is 494 g/mol. The van der Waals surface area contributed by atoms with Gasteiger partial charge < -0.3 is 4.74 Å². The number of ether oxygens (including phenoxy) is 1. The zero-order valence-electron chi connectivity index (χ0n) is 21.1. The van der Waals surface area contributed by atoms with Crippen LogP contribution in [0.15, 0.2) is 97.1 Å². The van der Waals surface area contributed by atoms with Crippen LogP contribution < -0.4 is 4.74 Å². The lowest BCUT2D eigenvalue weighted by atomic mass is 9.97. The Kier molecular flexibility index (Phi) is 9.07. The van der Waals surface area contributed by atoms with Crippen molar-refractivity contribution in [1.82, 2.24) is 4.98 Å². The SMILES string of the molecule is C.CC.COc1ccc2cc(-c3cc(-c4ccc([N+](=O)[O-])cc4)nc(-c4ccc([N+](=O)[O-])cc4)c3)ccc2c1. The smallest absolute Gasteiger partial charge is 0.269 e. The summed E-state index contributed by atoms with van der Waals surface area (Å²) in [6.45, 7) is 4.00. The molecule has 8 heteroatoms. The van der Waals surface area contributed by atoms with Crippen molar-refractivity contribution in [3.05, 3.63) is 117 Å². The molecule has 0 amide bonds. The van der Waals surface area contributed by atoms with Crippen LogP contribution in [-0.4, -0.2) is 21.9 Å². The summed E-state index contributed by atoms with van der Waals surface area (Å²) in [6.07, 6.45) is 0. The molecular formula is C31H29N3O5. The van der Waals surface area contributed by atoms with Crippen molar-refractivity contribution >= 4 is 22.1 Å². The number of nitro groups is 2. The van der Waals surface area contributed by atoms with Crippen molar-refractivity contribution in [3.8, 4) is 39.4 Å². The molecule has 0 bridgehead atoms. The van der Waals surface area contributed by atoms with Crippen LogP contribution in [-0.2, 0) is 0 Å². The first-order valence-electron chi connectivity index (χ1n) is 12.0. The molecule has 5 aromatic rings. The number of rotatable bonds is 6. The van der Waals surface area contributed by atoms with Gasteiger partial charge in [0.2, 0.25) is 0 Å². The van der Waals surface area contributed by atoms with Gasteiger partial charge >= 0.3 is 0 Å². The van der Waals surface area contributed by atoms with Crippen LogP contribution in [0.25, 0.3) is 44.4 Å². The van der Waals surface area contributed by atoms with Crippen LogP contribution in [0.1, 0.15) is 21.3 Å². The van der Waals surface area contributed by atoms with E-state index in [2.05, 4.69) is 6.07 Å². The average molecular weight is 524 g/mol. The second-order valence-electron chi connectivity index (χ2n) is 8.16. The standard InChI is InChI=1S/C28H19N3O5.C2H6.CH4/c1-36-26-13-8-20-14-21(2-3-22(20)15-26)23-16-27(18-4-9-24(10-5-18)30(32)33)29-28(17-23)19-6-11-25(12-7-19)31(34)35;1-2;/h2-17H,1H3;1-2H3;1H4. The quantitative estimate of drug-likeness (QED) is 0.163. The number of hydrogen-bond donors (Lipinski definition) is 0. The zero-order chi connectivity index (χ0) is 27.2. The van der Waals surface area contributed by atoms with Gasteiger partial charge in [0.15, 0.2) is 0 Å². The molecule has 0 N–H and O–H groups in total. The third-order valence-corrected chi connectivity index (χ3v) is 5.95. The predicted octanol–water partition coefficient (Wildman–Crippen LogP) is 8.72. The maximum absolute atomic E-state index is 11.1. The molecule has 5 rings (SSSR count). The summed E-state index contributed by atoms with van der Waals surface area (Å²) in [6, 6.07) is 28.3. The molecule has 4 aromatic carbocycles. The molecule has 0 fully saturated rings. The van der Waals surface area contributed by atoms with Gasteiger partial charge in [0.25, 0.3) is 11.4 Å². The molecule has 0 aliphatic carbocycles. The van der Waals surface area contributed by atoms with Crippen molar-refractivity contribution in [2.75, 3.05) is 7.11 Å². The maximum Gasteiger partial charge on any atom is 0.269 e. The van der Waals surface area contributed by atoms with Crippen molar-refractivity contribution in [3.63, 3.8) is 0 Å². The summed E-state index contributed by atoms with van der Waals surface area (Å²) in [5.74, 6) is 0.778. The average Bonchev–Trinajstić information content (AvgIpc) is 2.97. The van der Waals surface area contributed by atoms with Crippen LogP contribution in [0.3, 0.4) is 0 Å². The Bertz CT molecular complexity index is 1540. The van der Waals surface area contributed by atoms with Gasteiger partial charge in [-0.3, -0.25) is 20.2 Å². The third-order valence-electron chi connectivity index (χ3n) is 5.95. The van der Waals surface area contributed by atoms with Gasteiger partial charge in [-0.05, 0) is 76.5 Å². The van der Waals surface area contributed by atoms with E-state index in [1.54, 1.807) is 31.4 Å². The Hall–Kier alpha value is -5.11. The fourth-order valence-corrected chi connectivity index (χ4v) is 4.03. The lowest BCUT2D eigenvalue weighted by Crippen LogP contribution is -1.93. The second kappa shape index (κ2) is 12.4. The predicted molar refractivity (Wildman–Crippen MR) is 156 cm³/mol. The van der Waals surface area contributed by atoms with Crippen LogP contribution in [0.4, 0.5) is 11.4 Å². The molecule has 0 spiro atoms. The van der Waals surface area contributed by atoms with Gasteiger partial charge in [-0.1, -0.05) is 39.5 Å². The molecule has 198 valence electrons. The van der Waals surface area contributed by atoms with Crippen LogP contribution in [0, 0.1) is 20.2 Å². The van der Waals surface area contributed by atoms with Crippen molar-refractivity contribution in [2.24, 2.45) is 0 Å². The Morgan fingerprint density at radius 1 is 0.590 bits per heavy atom. The summed E-state index contributed by atoms with van der Waals surface area (Å²) in [7, 11) is 1.63. The maximum atomic E-state index is 11.1. The molecule has 0 saturated carbocycles. The molecule has 39 heavy (non-hydrogen) atoms. The molecule has 1 aromatic heterocycles. The van der Waals surface area contributed by atoms with E-state index in [-0.39, 0.29) is 18.8 Å². The van der Waals surface area contributed by atoms with Gasteiger partial charge in [0, 0.05) is 35.4 Å². The molecule has 0 aliphatic rings. The fraction of sp³-hybridized carbons (Fsp3) is 0.129. The van der Waals surface area contributed by atoms with Gasteiger partial charge in [-0.15, -0.1) is 0 Å². The van der Waals surface area contributed by atoms with E-state index < -0.39 is 9.85 Å². The highest BCUT2D eigenvalue weighted by Crippen LogP contribution is 2.33. The monoisotopic (exact) mass is 523 g/mol. The van der Waals surface area contributed by atoms with E-state index in [0.29, 0.717) is 11.4 Å². The van der Waals surface area contributed by atoms with E-state index in [1.807, 2.05) is 56.3 Å². The summed E-state index contributed by atoms with van der Waals surface area (Å²) in [4.78, 5) is 26.1. The van der Waals surface area contributed by atoms with Gasteiger partial charge in [0.05, 0.1) is 28.3 Å². The molecule has 0 saturated heterocycles. The van der Waals surface area contributed by atoms with E-state index in [1.165, 1.54) is 24.3 Å². The first-order valence-corrected chi connectivity index (χ1v) is 12.0. The molecule has 0 aliphatic heterocycles. The second-order valence-corrected chi connectivity index (χ2v) is 8.16. The molecule has 8 nitrogen and oxygen atoms in total. The van der Waals surface area contributed by atoms with Crippen LogP contribution >= 0.6 is 0 Å². The number of methoxy groups -OCH3 is 1. The number of nitro benzene ring substituents is 2. The van der Waals surface area contributed by atoms with Crippen molar-refractivity contribution < 1.29 is 14.6 Å². The topological polar surface area (TPSA) is 108 Å². The minimum atomic E-state index is -0.444.